The van der Waals surface area contributed by atoms with Crippen LogP contribution < -0.4 is 19.1 Å². The number of hydrogen-bond donors (Lipinski definition) is 1. The van der Waals surface area contributed by atoms with Crippen LogP contribution in [0.15, 0.2) is 65.6 Å². The first-order valence-corrected chi connectivity index (χ1v) is 11.7. The second-order valence-corrected chi connectivity index (χ2v) is 9.10. The number of carbonyl (C=O) groups excluding carboxylic acids is 1. The number of benzene rings is 3. The molecule has 0 heterocycles. The van der Waals surface area contributed by atoms with E-state index in [9.17, 15) is 22.0 Å². The van der Waals surface area contributed by atoms with Crippen molar-refractivity contribution in [2.45, 2.75) is 18.7 Å². The van der Waals surface area contributed by atoms with E-state index in [0.717, 1.165) is 22.5 Å². The Balaban J connectivity index is 2.03. The second kappa shape index (κ2) is 10.5. The molecule has 7 nitrogen and oxygen atoms in total. The number of halogens is 2. The molecule has 1 N–H and O–H groups in total. The number of anilines is 2. The molecular formula is C24H24F2N2O5S. The van der Waals surface area contributed by atoms with Crippen molar-refractivity contribution in [2.75, 3.05) is 29.9 Å². The van der Waals surface area contributed by atoms with Gasteiger partial charge in [0.2, 0.25) is 5.91 Å². The summed E-state index contributed by atoms with van der Waals surface area (Å²) in [6.45, 7) is 3.25. The van der Waals surface area contributed by atoms with Gasteiger partial charge in [0.15, 0.2) is 0 Å². The smallest absolute Gasteiger partial charge is 0.268 e. The van der Waals surface area contributed by atoms with Crippen molar-refractivity contribution in [1.82, 2.24) is 0 Å². The molecule has 0 bridgehead atoms. The van der Waals surface area contributed by atoms with Crippen LogP contribution in [-0.2, 0) is 14.8 Å². The summed E-state index contributed by atoms with van der Waals surface area (Å²) in [5.74, 6) is -1.86. The van der Waals surface area contributed by atoms with E-state index in [-0.39, 0.29) is 16.3 Å². The third-order valence-corrected chi connectivity index (χ3v) is 6.61. The first-order valence-electron chi connectivity index (χ1n) is 10.3. The number of aryl methyl sites for hydroxylation is 1. The van der Waals surface area contributed by atoms with Crippen LogP contribution in [0, 0.1) is 18.6 Å². The standard InChI is InChI=1S/C24H24F2N2O5S/c1-4-33-19-9-7-18(8-10-19)28(15-24(29)27-21-14-17(25)6-11-20(21)26)34(30,31)23-13-16(2)5-12-22(23)32-3/h5-14H,4,15H2,1-3H3,(H,27,29). The Morgan fingerprint density at radius 2 is 1.74 bits per heavy atom. The minimum Gasteiger partial charge on any atom is -0.495 e. The molecule has 0 saturated heterocycles. The van der Waals surface area contributed by atoms with E-state index in [2.05, 4.69) is 5.32 Å². The van der Waals surface area contributed by atoms with Crippen molar-refractivity contribution in [3.05, 3.63) is 77.9 Å². The maximum atomic E-state index is 14.0. The highest BCUT2D eigenvalue weighted by Crippen LogP contribution is 2.32. The summed E-state index contributed by atoms with van der Waals surface area (Å²) < 4.78 is 66.4. The van der Waals surface area contributed by atoms with Crippen molar-refractivity contribution in [2.24, 2.45) is 0 Å². The Hall–Kier alpha value is -3.66. The molecular weight excluding hydrogens is 466 g/mol. The predicted molar refractivity (Wildman–Crippen MR) is 125 cm³/mol. The fraction of sp³-hybridized carbons (Fsp3) is 0.208. The van der Waals surface area contributed by atoms with E-state index in [1.165, 1.54) is 31.4 Å². The molecule has 10 heteroatoms. The first-order chi connectivity index (χ1) is 16.1. The zero-order chi connectivity index (χ0) is 24.9. The number of ether oxygens (including phenoxy) is 2. The summed E-state index contributed by atoms with van der Waals surface area (Å²) in [5, 5.41) is 2.23. The molecule has 0 atom stereocenters. The van der Waals surface area contributed by atoms with Gasteiger partial charge in [-0.2, -0.15) is 0 Å². The van der Waals surface area contributed by atoms with Crippen molar-refractivity contribution in [1.29, 1.82) is 0 Å². The Labute approximate surface area is 197 Å². The van der Waals surface area contributed by atoms with Gasteiger partial charge in [-0.15, -0.1) is 0 Å². The maximum absolute atomic E-state index is 14.0. The summed E-state index contributed by atoms with van der Waals surface area (Å²) in [6, 6.07) is 13.3. The Morgan fingerprint density at radius 1 is 1.03 bits per heavy atom. The molecule has 0 aliphatic heterocycles. The van der Waals surface area contributed by atoms with Crippen LogP contribution in [0.2, 0.25) is 0 Å². The zero-order valence-corrected chi connectivity index (χ0v) is 19.7. The van der Waals surface area contributed by atoms with E-state index in [4.69, 9.17) is 9.47 Å². The molecule has 3 aromatic rings. The summed E-state index contributed by atoms with van der Waals surface area (Å²) in [6.07, 6.45) is 0. The van der Waals surface area contributed by atoms with Gasteiger partial charge in [0, 0.05) is 6.07 Å². The Kier molecular flexibility index (Phi) is 7.72. The van der Waals surface area contributed by atoms with E-state index < -0.39 is 39.8 Å². The molecule has 0 aliphatic rings. The van der Waals surface area contributed by atoms with Gasteiger partial charge in [0.05, 0.1) is 25.1 Å². The summed E-state index contributed by atoms with van der Waals surface area (Å²) in [5.41, 5.74) is 0.432. The van der Waals surface area contributed by atoms with Crippen LogP contribution in [0.1, 0.15) is 12.5 Å². The molecule has 0 radical (unpaired) electrons. The van der Waals surface area contributed by atoms with Crippen LogP contribution >= 0.6 is 0 Å². The number of nitrogens with one attached hydrogen (secondary N) is 1. The van der Waals surface area contributed by atoms with Gasteiger partial charge in [0.1, 0.15) is 34.6 Å². The third-order valence-electron chi connectivity index (χ3n) is 4.81. The van der Waals surface area contributed by atoms with E-state index >= 15 is 0 Å². The number of nitrogens with zero attached hydrogens (tertiary/aromatic N) is 1. The highest BCUT2D eigenvalue weighted by atomic mass is 32.2. The number of carbonyl (C=O) groups is 1. The molecule has 34 heavy (non-hydrogen) atoms. The maximum Gasteiger partial charge on any atom is 0.268 e. The lowest BCUT2D eigenvalue weighted by molar-refractivity contribution is -0.114. The Morgan fingerprint density at radius 3 is 2.38 bits per heavy atom. The summed E-state index contributed by atoms with van der Waals surface area (Å²) in [7, 11) is -2.97. The first kappa shape index (κ1) is 25.0. The van der Waals surface area contributed by atoms with Gasteiger partial charge in [-0.05, 0) is 67.9 Å². The highest BCUT2D eigenvalue weighted by Gasteiger charge is 2.30. The van der Waals surface area contributed by atoms with Gasteiger partial charge < -0.3 is 14.8 Å². The molecule has 0 fully saturated rings. The van der Waals surface area contributed by atoms with Crippen molar-refractivity contribution >= 4 is 27.3 Å². The van der Waals surface area contributed by atoms with Gasteiger partial charge in [-0.1, -0.05) is 6.07 Å². The monoisotopic (exact) mass is 490 g/mol. The summed E-state index contributed by atoms with van der Waals surface area (Å²) >= 11 is 0. The van der Waals surface area contributed by atoms with E-state index in [1.807, 2.05) is 6.92 Å². The molecule has 0 aliphatic carbocycles. The molecule has 180 valence electrons. The van der Waals surface area contributed by atoms with E-state index in [0.29, 0.717) is 17.9 Å². The normalized spacial score (nSPS) is 11.1. The molecule has 0 spiro atoms. The van der Waals surface area contributed by atoms with Crippen LogP contribution in [0.25, 0.3) is 0 Å². The fourth-order valence-corrected chi connectivity index (χ4v) is 4.87. The van der Waals surface area contributed by atoms with Gasteiger partial charge in [-0.25, -0.2) is 17.2 Å². The number of rotatable bonds is 9. The zero-order valence-electron chi connectivity index (χ0n) is 18.8. The highest BCUT2D eigenvalue weighted by molar-refractivity contribution is 7.93. The van der Waals surface area contributed by atoms with Crippen LogP contribution in [-0.4, -0.2) is 34.6 Å². The van der Waals surface area contributed by atoms with Crippen LogP contribution in [0.5, 0.6) is 11.5 Å². The lowest BCUT2D eigenvalue weighted by atomic mass is 10.2. The van der Waals surface area contributed by atoms with Gasteiger partial charge in [0.25, 0.3) is 10.0 Å². The number of sulfonamides is 1. The molecule has 1 amide bonds. The molecule has 3 aromatic carbocycles. The molecule has 3 rings (SSSR count). The summed E-state index contributed by atoms with van der Waals surface area (Å²) in [4.78, 5) is 12.6. The van der Waals surface area contributed by atoms with Crippen molar-refractivity contribution in [3.63, 3.8) is 0 Å². The lowest BCUT2D eigenvalue weighted by Gasteiger charge is -2.25. The number of hydrogen-bond acceptors (Lipinski definition) is 5. The second-order valence-electron chi connectivity index (χ2n) is 7.27. The van der Waals surface area contributed by atoms with E-state index in [1.54, 1.807) is 25.1 Å². The average molecular weight is 491 g/mol. The average Bonchev–Trinajstić information content (AvgIpc) is 2.80. The minimum atomic E-state index is -4.31. The molecule has 0 unspecified atom stereocenters. The van der Waals surface area contributed by atoms with Crippen molar-refractivity contribution in [3.8, 4) is 11.5 Å². The number of methoxy groups -OCH3 is 1. The fourth-order valence-electron chi connectivity index (χ4n) is 3.21. The largest absolute Gasteiger partial charge is 0.495 e. The molecule has 0 saturated carbocycles. The molecule has 0 aromatic heterocycles. The van der Waals surface area contributed by atoms with Crippen LogP contribution in [0.3, 0.4) is 0 Å². The SMILES string of the molecule is CCOc1ccc(N(CC(=O)Nc2cc(F)ccc2F)S(=O)(=O)c2cc(C)ccc2OC)cc1. The predicted octanol–water partition coefficient (Wildman–Crippen LogP) is 4.51. The van der Waals surface area contributed by atoms with Gasteiger partial charge >= 0.3 is 0 Å². The quantitative estimate of drug-likeness (QED) is 0.477. The van der Waals surface area contributed by atoms with Crippen molar-refractivity contribution < 1.29 is 31.5 Å². The number of amides is 1. The van der Waals surface area contributed by atoms with Gasteiger partial charge in [-0.3, -0.25) is 9.10 Å². The topological polar surface area (TPSA) is 84.9 Å². The lowest BCUT2D eigenvalue weighted by Crippen LogP contribution is -2.38. The minimum absolute atomic E-state index is 0.0955. The third kappa shape index (κ3) is 5.63. The Bertz CT molecular complexity index is 1280. The van der Waals surface area contributed by atoms with Crippen LogP contribution in [0.4, 0.5) is 20.2 Å².